The molecule has 1 aliphatic heterocycles. The quantitative estimate of drug-likeness (QED) is 0.609. The molecule has 0 spiro atoms. The van der Waals surface area contributed by atoms with Crippen molar-refractivity contribution in [1.82, 2.24) is 14.9 Å². The summed E-state index contributed by atoms with van der Waals surface area (Å²) < 4.78 is 7.70. The summed E-state index contributed by atoms with van der Waals surface area (Å²) in [6, 6.07) is 20.8. The highest BCUT2D eigenvalue weighted by molar-refractivity contribution is 6.02. The Morgan fingerprint density at radius 1 is 1.06 bits per heavy atom. The highest BCUT2D eigenvalue weighted by Gasteiger charge is 2.49. The molecule has 2 heterocycles. The number of carbonyl (C=O) groups excluding carboxylic acids is 1. The van der Waals surface area contributed by atoms with Crippen molar-refractivity contribution in [2.45, 2.75) is 19.7 Å². The van der Waals surface area contributed by atoms with Crippen LogP contribution < -0.4 is 15.8 Å². The number of aromatic nitrogens is 2. The minimum Gasteiger partial charge on any atom is -0.363 e. The summed E-state index contributed by atoms with van der Waals surface area (Å²) >= 11 is 0. The van der Waals surface area contributed by atoms with Crippen molar-refractivity contribution in [3.8, 4) is 0 Å². The largest absolute Gasteiger partial charge is 0.363 e. The van der Waals surface area contributed by atoms with Crippen LogP contribution in [-0.4, -0.2) is 36.2 Å². The van der Waals surface area contributed by atoms with E-state index in [0.717, 1.165) is 16.7 Å². The van der Waals surface area contributed by atoms with Gasteiger partial charge >= 0.3 is 0 Å². The molecule has 2 aromatic carbocycles. The fourth-order valence-corrected chi connectivity index (χ4v) is 4.13. The smallest absolute Gasteiger partial charge is 0.260 e. The van der Waals surface area contributed by atoms with Gasteiger partial charge in [0, 0.05) is 44.8 Å². The minimum absolute atomic E-state index is 0.264. The molecule has 1 amide bonds. The number of rotatable bonds is 6. The average molecular weight is 431 g/mol. The lowest BCUT2D eigenvalue weighted by molar-refractivity contribution is -0.135. The first-order chi connectivity index (χ1) is 15.4. The van der Waals surface area contributed by atoms with Crippen molar-refractivity contribution >= 4 is 22.9 Å². The van der Waals surface area contributed by atoms with Crippen LogP contribution >= 0.6 is 0 Å². The van der Waals surface area contributed by atoms with Crippen LogP contribution in [0.5, 0.6) is 0 Å². The average Bonchev–Trinajstić information content (AvgIpc) is 3.04. The van der Waals surface area contributed by atoms with E-state index in [0.29, 0.717) is 17.2 Å². The Labute approximate surface area is 187 Å². The van der Waals surface area contributed by atoms with Crippen LogP contribution in [-0.2, 0) is 15.4 Å². The molecule has 1 aromatic heterocycles. The minimum atomic E-state index is -1.53. The van der Waals surface area contributed by atoms with E-state index < -0.39 is 5.85 Å². The van der Waals surface area contributed by atoms with Crippen LogP contribution in [0.2, 0.25) is 0 Å². The van der Waals surface area contributed by atoms with Gasteiger partial charge in [0.05, 0.1) is 0 Å². The lowest BCUT2D eigenvalue weighted by Crippen LogP contribution is -2.55. The van der Waals surface area contributed by atoms with Crippen molar-refractivity contribution in [3.05, 3.63) is 94.0 Å². The Balaban J connectivity index is 2.20. The fourth-order valence-electron chi connectivity index (χ4n) is 4.13. The van der Waals surface area contributed by atoms with Gasteiger partial charge in [-0.1, -0.05) is 60.7 Å². The second-order valence-electron chi connectivity index (χ2n) is 7.75. The van der Waals surface area contributed by atoms with Gasteiger partial charge in [-0.05, 0) is 18.1 Å². The summed E-state index contributed by atoms with van der Waals surface area (Å²) in [5.74, 6) is -0.890. The first kappa shape index (κ1) is 21.5. The normalized spacial score (nSPS) is 17.2. The molecule has 3 aromatic rings. The lowest BCUT2D eigenvalue weighted by atomic mass is 9.93. The zero-order valence-corrected chi connectivity index (χ0v) is 18.6. The van der Waals surface area contributed by atoms with Crippen molar-refractivity contribution in [2.75, 3.05) is 25.6 Å². The summed E-state index contributed by atoms with van der Waals surface area (Å²) in [6.07, 6.45) is 0. The van der Waals surface area contributed by atoms with Gasteiger partial charge in [-0.25, -0.2) is 9.55 Å². The van der Waals surface area contributed by atoms with E-state index in [4.69, 9.17) is 9.72 Å². The van der Waals surface area contributed by atoms with Crippen molar-refractivity contribution in [1.29, 1.82) is 0 Å². The van der Waals surface area contributed by atoms with Crippen LogP contribution in [0.4, 0.5) is 5.82 Å². The number of amides is 1. The molecule has 164 valence electrons. The molecular formula is C25H26N4O3. The van der Waals surface area contributed by atoms with Crippen LogP contribution in [0, 0.1) is 0 Å². The highest BCUT2D eigenvalue weighted by atomic mass is 16.5. The van der Waals surface area contributed by atoms with E-state index >= 15 is 0 Å². The van der Waals surface area contributed by atoms with Crippen molar-refractivity contribution in [3.63, 3.8) is 0 Å². The van der Waals surface area contributed by atoms with E-state index in [-0.39, 0.29) is 18.1 Å². The summed E-state index contributed by atoms with van der Waals surface area (Å²) in [5, 5.41) is 2.94. The maximum Gasteiger partial charge on any atom is 0.260 e. The third kappa shape index (κ3) is 3.50. The molecule has 0 saturated carbocycles. The lowest BCUT2D eigenvalue weighted by Gasteiger charge is -2.34. The monoisotopic (exact) mass is 430 g/mol. The third-order valence-electron chi connectivity index (χ3n) is 5.31. The zero-order valence-electron chi connectivity index (χ0n) is 18.6. The van der Waals surface area contributed by atoms with E-state index in [1.807, 2.05) is 81.7 Å². The van der Waals surface area contributed by atoms with Gasteiger partial charge < -0.3 is 15.0 Å². The van der Waals surface area contributed by atoms with Crippen LogP contribution in [0.15, 0.2) is 71.5 Å². The summed E-state index contributed by atoms with van der Waals surface area (Å²) in [5.41, 5.74) is 2.78. The first-order valence-corrected chi connectivity index (χ1v) is 10.5. The fraction of sp³-hybridized carbons (Fsp3) is 0.240. The Hall–Kier alpha value is -3.71. The molecule has 1 atom stereocenters. The van der Waals surface area contributed by atoms with Gasteiger partial charge in [0.1, 0.15) is 11.6 Å². The first-order valence-electron chi connectivity index (χ1n) is 10.5. The summed E-state index contributed by atoms with van der Waals surface area (Å²) in [7, 11) is 3.67. The topological polar surface area (TPSA) is 76.5 Å². The number of anilines is 1. The van der Waals surface area contributed by atoms with Gasteiger partial charge in [0.15, 0.2) is 0 Å². The Kier molecular flexibility index (Phi) is 5.67. The number of carbonyl (C=O) groups is 1. The Morgan fingerprint density at radius 2 is 1.66 bits per heavy atom. The maximum absolute atomic E-state index is 13.5. The molecule has 7 nitrogen and oxygen atoms in total. The van der Waals surface area contributed by atoms with Crippen LogP contribution in [0.3, 0.4) is 0 Å². The summed E-state index contributed by atoms with van der Waals surface area (Å²) in [4.78, 5) is 32.6. The SMILES string of the molecule is CCOC1(NC(C)=O)C(c2ccccc2)=C(c2ccccc2)c2nc(N(C)C)cc(=O)n21. The van der Waals surface area contributed by atoms with Crippen LogP contribution in [0.1, 0.15) is 30.8 Å². The van der Waals surface area contributed by atoms with Gasteiger partial charge in [-0.15, -0.1) is 0 Å². The number of nitrogens with zero attached hydrogens (tertiary/aromatic N) is 3. The van der Waals surface area contributed by atoms with Gasteiger partial charge in [0.2, 0.25) is 5.91 Å². The Morgan fingerprint density at radius 3 is 2.19 bits per heavy atom. The standard InChI is InChI=1S/C25H26N4O3/c1-5-32-25(27-17(2)30)23(19-14-10-7-11-15-19)22(18-12-8-6-9-13-18)24-26-20(28(3)4)16-21(31)29(24)25/h6-16H,5H2,1-4H3,(H,27,30). The number of benzene rings is 2. The van der Waals surface area contributed by atoms with Gasteiger partial charge in [-0.2, -0.15) is 0 Å². The van der Waals surface area contributed by atoms with Gasteiger partial charge in [0.25, 0.3) is 11.4 Å². The number of nitrogens with one attached hydrogen (secondary N) is 1. The summed E-state index contributed by atoms with van der Waals surface area (Å²) in [6.45, 7) is 3.51. The molecule has 1 N–H and O–H groups in total. The molecule has 32 heavy (non-hydrogen) atoms. The van der Waals surface area contributed by atoms with E-state index in [2.05, 4.69) is 5.32 Å². The molecule has 0 radical (unpaired) electrons. The van der Waals surface area contributed by atoms with E-state index in [9.17, 15) is 9.59 Å². The van der Waals surface area contributed by atoms with E-state index in [1.54, 1.807) is 4.90 Å². The molecule has 0 bridgehead atoms. The number of hydrogen-bond acceptors (Lipinski definition) is 5. The second-order valence-corrected chi connectivity index (χ2v) is 7.75. The van der Waals surface area contributed by atoms with Crippen molar-refractivity contribution < 1.29 is 9.53 Å². The molecule has 0 fully saturated rings. The molecule has 0 saturated heterocycles. The predicted molar refractivity (Wildman–Crippen MR) is 125 cm³/mol. The Bertz CT molecular complexity index is 1230. The molecule has 4 rings (SSSR count). The maximum atomic E-state index is 13.5. The third-order valence-corrected chi connectivity index (χ3v) is 5.31. The molecule has 1 unspecified atom stereocenters. The molecular weight excluding hydrogens is 404 g/mol. The van der Waals surface area contributed by atoms with Gasteiger partial charge in [-0.3, -0.25) is 9.59 Å². The highest BCUT2D eigenvalue weighted by Crippen LogP contribution is 2.47. The molecule has 0 aliphatic carbocycles. The zero-order chi connectivity index (χ0) is 22.9. The van der Waals surface area contributed by atoms with Crippen molar-refractivity contribution in [2.24, 2.45) is 0 Å². The van der Waals surface area contributed by atoms with Crippen LogP contribution in [0.25, 0.3) is 11.1 Å². The molecule has 1 aliphatic rings. The number of ether oxygens (including phenoxy) is 1. The number of fused-ring (bicyclic) bond motifs is 1. The van der Waals surface area contributed by atoms with E-state index in [1.165, 1.54) is 17.6 Å². The second kappa shape index (κ2) is 8.43. The number of hydrogen-bond donors (Lipinski definition) is 1. The molecule has 7 heteroatoms. The predicted octanol–water partition coefficient (Wildman–Crippen LogP) is 3.06.